The van der Waals surface area contributed by atoms with E-state index >= 15 is 0 Å². The number of aryl methyl sites for hydroxylation is 1. The van der Waals surface area contributed by atoms with Crippen LogP contribution < -0.4 is 5.32 Å². The van der Waals surface area contributed by atoms with Crippen molar-refractivity contribution in [2.24, 2.45) is 7.05 Å². The monoisotopic (exact) mass is 169 g/mol. The molecule has 6 heteroatoms. The van der Waals surface area contributed by atoms with Crippen LogP contribution in [0.3, 0.4) is 0 Å². The van der Waals surface area contributed by atoms with Crippen molar-refractivity contribution in [3.63, 3.8) is 0 Å². The van der Waals surface area contributed by atoms with Crippen LogP contribution in [0.25, 0.3) is 0 Å². The van der Waals surface area contributed by atoms with E-state index in [4.69, 9.17) is 4.74 Å². The Kier molecular flexibility index (Phi) is 2.01. The number of nitrogens with one attached hydrogen (secondary N) is 1. The summed E-state index contributed by atoms with van der Waals surface area (Å²) in [6.07, 6.45) is 0.328. The molecule has 1 fully saturated rings. The Morgan fingerprint density at radius 1 is 1.67 bits per heavy atom. The molecule has 6 nitrogen and oxygen atoms in total. The summed E-state index contributed by atoms with van der Waals surface area (Å²) >= 11 is 0. The molecular weight excluding hydrogens is 158 g/mol. The maximum absolute atomic E-state index is 5.44. The molecule has 0 aromatic carbocycles. The summed E-state index contributed by atoms with van der Waals surface area (Å²) in [5, 5.41) is 14.6. The molecule has 1 N–H and O–H groups in total. The van der Waals surface area contributed by atoms with Crippen molar-refractivity contribution in [1.29, 1.82) is 0 Å². The summed E-state index contributed by atoms with van der Waals surface area (Å²) in [7, 11) is 1.74. The van der Waals surface area contributed by atoms with Gasteiger partial charge in [-0.25, -0.2) is 0 Å². The highest BCUT2D eigenvalue weighted by Crippen LogP contribution is 2.00. The van der Waals surface area contributed by atoms with E-state index in [1.54, 1.807) is 7.05 Å². The first-order valence-corrected chi connectivity index (χ1v) is 3.90. The summed E-state index contributed by atoms with van der Waals surface area (Å²) in [4.78, 5) is 1.43. The highest BCUT2D eigenvalue weighted by Gasteiger charge is 2.17. The Hall–Kier alpha value is -1.01. The average Bonchev–Trinajstić information content (AvgIpc) is 2.32. The fraction of sp³-hybridized carbons (Fsp3) is 0.833. The largest absolute Gasteiger partial charge is 0.367 e. The van der Waals surface area contributed by atoms with Crippen LogP contribution in [-0.4, -0.2) is 39.4 Å². The molecule has 1 aliphatic heterocycles. The van der Waals surface area contributed by atoms with Gasteiger partial charge in [0.25, 0.3) is 0 Å². The predicted molar refractivity (Wildman–Crippen MR) is 40.2 cm³/mol. The van der Waals surface area contributed by atoms with Crippen LogP contribution in [0.15, 0.2) is 0 Å². The minimum Gasteiger partial charge on any atom is -0.367 e. The van der Waals surface area contributed by atoms with E-state index in [1.807, 2.05) is 0 Å². The molecule has 1 aromatic heterocycles. The number of tetrazole rings is 1. The van der Waals surface area contributed by atoms with Gasteiger partial charge in [-0.3, -0.25) is 0 Å². The van der Waals surface area contributed by atoms with Crippen LogP contribution in [0, 0.1) is 0 Å². The first-order valence-electron chi connectivity index (χ1n) is 3.90. The Labute approximate surface area is 69.9 Å². The second-order valence-corrected chi connectivity index (χ2v) is 2.79. The van der Waals surface area contributed by atoms with E-state index < -0.39 is 0 Å². The van der Waals surface area contributed by atoms with Gasteiger partial charge >= 0.3 is 0 Å². The Balaban J connectivity index is 1.79. The topological polar surface area (TPSA) is 64.9 Å². The second kappa shape index (κ2) is 3.16. The Morgan fingerprint density at radius 3 is 3.00 bits per heavy atom. The SMILES string of the molecule is Cn1nnc(COC2CNC2)n1. The lowest BCUT2D eigenvalue weighted by Gasteiger charge is -2.26. The Bertz CT molecular complexity index is 256. The Morgan fingerprint density at radius 2 is 2.50 bits per heavy atom. The van der Waals surface area contributed by atoms with Gasteiger partial charge in [0.1, 0.15) is 6.61 Å². The van der Waals surface area contributed by atoms with Gasteiger partial charge in [0, 0.05) is 13.1 Å². The van der Waals surface area contributed by atoms with Crippen molar-refractivity contribution >= 4 is 0 Å². The molecule has 66 valence electrons. The standard InChI is InChI=1S/C6H11N5O/c1-11-9-6(8-10-11)4-12-5-2-7-3-5/h5,7H,2-4H2,1H3. The zero-order valence-corrected chi connectivity index (χ0v) is 6.90. The van der Waals surface area contributed by atoms with Crippen molar-refractivity contribution in [1.82, 2.24) is 25.5 Å². The third-order valence-corrected chi connectivity index (χ3v) is 1.74. The van der Waals surface area contributed by atoms with E-state index in [1.165, 1.54) is 4.80 Å². The quantitative estimate of drug-likeness (QED) is 0.609. The molecule has 0 atom stereocenters. The second-order valence-electron chi connectivity index (χ2n) is 2.79. The lowest BCUT2D eigenvalue weighted by atomic mass is 10.2. The van der Waals surface area contributed by atoms with Gasteiger partial charge < -0.3 is 10.1 Å². The first-order chi connectivity index (χ1) is 5.84. The highest BCUT2D eigenvalue weighted by atomic mass is 16.5. The zero-order chi connectivity index (χ0) is 8.39. The molecule has 2 heterocycles. The number of nitrogens with zero attached hydrogens (tertiary/aromatic N) is 4. The van der Waals surface area contributed by atoms with Crippen LogP contribution in [0.2, 0.25) is 0 Å². The average molecular weight is 169 g/mol. The molecule has 0 aliphatic carbocycles. The van der Waals surface area contributed by atoms with Crippen LogP contribution in [0.5, 0.6) is 0 Å². The zero-order valence-electron chi connectivity index (χ0n) is 6.90. The van der Waals surface area contributed by atoms with Gasteiger partial charge in [0.05, 0.1) is 13.2 Å². The van der Waals surface area contributed by atoms with E-state index in [2.05, 4.69) is 20.7 Å². The molecule has 0 amide bonds. The van der Waals surface area contributed by atoms with Gasteiger partial charge in [-0.2, -0.15) is 4.80 Å². The smallest absolute Gasteiger partial charge is 0.200 e. The third kappa shape index (κ3) is 1.59. The lowest BCUT2D eigenvalue weighted by Crippen LogP contribution is -2.48. The van der Waals surface area contributed by atoms with Crippen LogP contribution in [0.1, 0.15) is 5.82 Å². The highest BCUT2D eigenvalue weighted by molar-refractivity contribution is 4.78. The molecule has 0 unspecified atom stereocenters. The molecule has 1 aliphatic rings. The van der Waals surface area contributed by atoms with E-state index in [0.29, 0.717) is 18.5 Å². The predicted octanol–water partition coefficient (Wildman–Crippen LogP) is -1.30. The maximum Gasteiger partial charge on any atom is 0.200 e. The molecular formula is C6H11N5O. The summed E-state index contributed by atoms with van der Waals surface area (Å²) in [6, 6.07) is 0. The molecule has 1 saturated heterocycles. The molecule has 1 aromatic rings. The summed E-state index contributed by atoms with van der Waals surface area (Å²) < 4.78 is 5.44. The van der Waals surface area contributed by atoms with Crippen LogP contribution in [0.4, 0.5) is 0 Å². The summed E-state index contributed by atoms with van der Waals surface area (Å²) in [5.74, 6) is 0.643. The number of rotatable bonds is 3. The molecule has 0 bridgehead atoms. The molecule has 12 heavy (non-hydrogen) atoms. The summed E-state index contributed by atoms with van der Waals surface area (Å²) in [6.45, 7) is 2.32. The van der Waals surface area contributed by atoms with E-state index in [0.717, 1.165) is 13.1 Å². The minimum absolute atomic E-state index is 0.328. The first kappa shape index (κ1) is 7.63. The number of hydrogen-bond acceptors (Lipinski definition) is 5. The fourth-order valence-electron chi connectivity index (χ4n) is 0.954. The fourth-order valence-corrected chi connectivity index (χ4v) is 0.954. The maximum atomic E-state index is 5.44. The van der Waals surface area contributed by atoms with Gasteiger partial charge in [-0.15, -0.1) is 10.2 Å². The molecule has 2 rings (SSSR count). The van der Waals surface area contributed by atoms with Gasteiger partial charge in [-0.1, -0.05) is 0 Å². The third-order valence-electron chi connectivity index (χ3n) is 1.74. The summed E-state index contributed by atoms with van der Waals surface area (Å²) in [5.41, 5.74) is 0. The van der Waals surface area contributed by atoms with Crippen LogP contribution in [-0.2, 0) is 18.4 Å². The van der Waals surface area contributed by atoms with Crippen LogP contribution >= 0.6 is 0 Å². The minimum atomic E-state index is 0.328. The van der Waals surface area contributed by atoms with Crippen molar-refractivity contribution in [3.05, 3.63) is 5.82 Å². The van der Waals surface area contributed by atoms with Crippen molar-refractivity contribution < 1.29 is 4.74 Å². The number of ether oxygens (including phenoxy) is 1. The van der Waals surface area contributed by atoms with Gasteiger partial charge in [0.2, 0.25) is 0 Å². The molecule has 0 radical (unpaired) electrons. The lowest BCUT2D eigenvalue weighted by molar-refractivity contribution is 0.00430. The van der Waals surface area contributed by atoms with Gasteiger partial charge in [0.15, 0.2) is 5.82 Å². The van der Waals surface area contributed by atoms with E-state index in [9.17, 15) is 0 Å². The molecule has 0 saturated carbocycles. The van der Waals surface area contributed by atoms with Gasteiger partial charge in [-0.05, 0) is 5.21 Å². The number of aromatic nitrogens is 4. The van der Waals surface area contributed by atoms with Crippen molar-refractivity contribution in [3.8, 4) is 0 Å². The normalized spacial score (nSPS) is 17.8. The van der Waals surface area contributed by atoms with E-state index in [-0.39, 0.29) is 0 Å². The molecule has 0 spiro atoms. The van der Waals surface area contributed by atoms with Crippen molar-refractivity contribution in [2.75, 3.05) is 13.1 Å². The van der Waals surface area contributed by atoms with Crippen molar-refractivity contribution in [2.45, 2.75) is 12.7 Å². The number of hydrogen-bond donors (Lipinski definition) is 1.